The van der Waals surface area contributed by atoms with Gasteiger partial charge in [0.2, 0.25) is 0 Å². The van der Waals surface area contributed by atoms with Crippen LogP contribution < -0.4 is 9.47 Å². The van der Waals surface area contributed by atoms with E-state index in [9.17, 15) is 4.79 Å². The van der Waals surface area contributed by atoms with Gasteiger partial charge in [-0.2, -0.15) is 0 Å². The molecule has 6 rings (SSSR count). The number of para-hydroxylation sites is 1. The Balaban J connectivity index is 1.41. The Kier molecular flexibility index (Phi) is 6.22. The molecule has 0 saturated carbocycles. The molecule has 2 aliphatic rings. The zero-order valence-electron chi connectivity index (χ0n) is 19.9. The summed E-state index contributed by atoms with van der Waals surface area (Å²) in [7, 11) is 0. The number of carbonyl (C=O) groups is 1. The number of hydrogen-bond donors (Lipinski definition) is 0. The first kappa shape index (κ1) is 22.5. The van der Waals surface area contributed by atoms with Gasteiger partial charge in [0.15, 0.2) is 11.5 Å². The van der Waals surface area contributed by atoms with E-state index in [0.29, 0.717) is 43.3 Å². The van der Waals surface area contributed by atoms with E-state index in [1.54, 1.807) is 12.4 Å². The van der Waals surface area contributed by atoms with E-state index in [0.717, 1.165) is 47.2 Å². The summed E-state index contributed by atoms with van der Waals surface area (Å²) in [5, 5.41) is 0.826. The van der Waals surface area contributed by atoms with Gasteiger partial charge in [0.05, 0.1) is 22.9 Å². The van der Waals surface area contributed by atoms with Gasteiger partial charge >= 0.3 is 0 Å². The lowest BCUT2D eigenvalue weighted by atomic mass is 10.0. The van der Waals surface area contributed by atoms with E-state index < -0.39 is 0 Å². The Morgan fingerprint density at radius 3 is 2.69 bits per heavy atom. The highest BCUT2D eigenvalue weighted by Crippen LogP contribution is 2.35. The fraction of sp³-hybridized carbons (Fsp3) is 0.276. The third-order valence-corrected chi connectivity index (χ3v) is 6.62. The van der Waals surface area contributed by atoms with Gasteiger partial charge in [0.25, 0.3) is 5.91 Å². The molecule has 0 bridgehead atoms. The fourth-order valence-corrected chi connectivity index (χ4v) is 4.84. The molecule has 1 atom stereocenters. The molecule has 1 fully saturated rings. The molecular weight excluding hydrogens is 454 g/mol. The van der Waals surface area contributed by atoms with Gasteiger partial charge in [-0.05, 0) is 54.8 Å². The van der Waals surface area contributed by atoms with Gasteiger partial charge in [0.1, 0.15) is 13.2 Å². The van der Waals surface area contributed by atoms with Crippen molar-refractivity contribution in [1.82, 2.24) is 14.9 Å². The van der Waals surface area contributed by atoms with Crippen molar-refractivity contribution >= 4 is 16.8 Å². The van der Waals surface area contributed by atoms with Gasteiger partial charge in [-0.15, -0.1) is 0 Å². The van der Waals surface area contributed by atoms with E-state index in [2.05, 4.69) is 4.98 Å². The molecule has 0 radical (unpaired) electrons. The number of nitrogens with zero attached hydrogens (tertiary/aromatic N) is 3. The minimum atomic E-state index is -0.0493. The van der Waals surface area contributed by atoms with E-state index in [1.807, 2.05) is 65.6 Å². The molecule has 2 aromatic carbocycles. The van der Waals surface area contributed by atoms with Crippen LogP contribution in [0.15, 0.2) is 73.1 Å². The van der Waals surface area contributed by atoms with Crippen LogP contribution in [0.1, 0.15) is 28.8 Å². The third-order valence-electron chi connectivity index (χ3n) is 6.62. The van der Waals surface area contributed by atoms with Crippen LogP contribution in [0.2, 0.25) is 0 Å². The molecule has 2 aliphatic heterocycles. The van der Waals surface area contributed by atoms with Crippen molar-refractivity contribution in [3.05, 3.63) is 84.2 Å². The summed E-state index contributed by atoms with van der Waals surface area (Å²) < 4.78 is 17.3. The summed E-state index contributed by atoms with van der Waals surface area (Å²) >= 11 is 0. The molecule has 0 N–H and O–H groups in total. The lowest BCUT2D eigenvalue weighted by Gasteiger charge is -2.26. The van der Waals surface area contributed by atoms with Crippen molar-refractivity contribution in [3.63, 3.8) is 0 Å². The van der Waals surface area contributed by atoms with Gasteiger partial charge < -0.3 is 19.1 Å². The topological polar surface area (TPSA) is 73.8 Å². The minimum Gasteiger partial charge on any atom is -0.486 e. The van der Waals surface area contributed by atoms with Crippen molar-refractivity contribution in [2.75, 3.05) is 26.4 Å². The summed E-state index contributed by atoms with van der Waals surface area (Å²) in [6, 6.07) is 19.3. The Morgan fingerprint density at radius 2 is 1.86 bits per heavy atom. The average Bonchev–Trinajstić information content (AvgIpc) is 3.45. The molecule has 182 valence electrons. The zero-order valence-corrected chi connectivity index (χ0v) is 19.9. The first-order valence-corrected chi connectivity index (χ1v) is 12.3. The Hall–Kier alpha value is -3.97. The molecule has 0 spiro atoms. The fourth-order valence-electron chi connectivity index (χ4n) is 4.84. The van der Waals surface area contributed by atoms with Gasteiger partial charge in [-0.3, -0.25) is 9.78 Å². The maximum atomic E-state index is 14.1. The van der Waals surface area contributed by atoms with E-state index in [-0.39, 0.29) is 12.0 Å². The number of aromatic nitrogens is 2. The van der Waals surface area contributed by atoms with Crippen LogP contribution in [0.3, 0.4) is 0 Å². The van der Waals surface area contributed by atoms with Gasteiger partial charge in [-0.25, -0.2) is 4.98 Å². The lowest BCUT2D eigenvalue weighted by molar-refractivity contribution is 0.0508. The maximum absolute atomic E-state index is 14.1. The Bertz CT molecular complexity index is 1390. The molecule has 7 heteroatoms. The van der Waals surface area contributed by atoms with E-state index >= 15 is 0 Å². The number of pyridine rings is 2. The second kappa shape index (κ2) is 9.95. The third kappa shape index (κ3) is 4.62. The number of fused-ring (bicyclic) bond motifs is 2. The average molecular weight is 482 g/mol. The maximum Gasteiger partial charge on any atom is 0.255 e. The zero-order chi connectivity index (χ0) is 24.3. The summed E-state index contributed by atoms with van der Waals surface area (Å²) in [4.78, 5) is 25.1. The predicted molar refractivity (Wildman–Crippen MR) is 136 cm³/mol. The first-order valence-electron chi connectivity index (χ1n) is 12.3. The molecule has 7 nitrogen and oxygen atoms in total. The van der Waals surface area contributed by atoms with E-state index in [4.69, 9.17) is 19.2 Å². The summed E-state index contributed by atoms with van der Waals surface area (Å²) in [5.74, 6) is 1.37. The van der Waals surface area contributed by atoms with Crippen molar-refractivity contribution < 1.29 is 19.0 Å². The van der Waals surface area contributed by atoms with Crippen molar-refractivity contribution in [1.29, 1.82) is 0 Å². The molecular formula is C29H27N3O4. The van der Waals surface area contributed by atoms with Crippen LogP contribution in [0.25, 0.3) is 22.2 Å². The van der Waals surface area contributed by atoms with Crippen LogP contribution in [-0.2, 0) is 11.3 Å². The summed E-state index contributed by atoms with van der Waals surface area (Å²) in [6.45, 7) is 2.78. The van der Waals surface area contributed by atoms with Crippen molar-refractivity contribution in [3.8, 4) is 22.8 Å². The number of ether oxygens (including phenoxy) is 3. The highest BCUT2D eigenvalue weighted by molar-refractivity contribution is 6.07. The molecule has 4 heterocycles. The molecule has 36 heavy (non-hydrogen) atoms. The SMILES string of the molecule is O=C(c1cc(-c2ccc3c(c2)OCCO3)nc2ccccc12)N(Cc1cccnc1)CC1CCCO1. The standard InChI is InChI=1S/C29H27N3O4/c33-29(32(19-22-6-4-12-34-22)18-20-5-3-11-30-17-20)24-16-26(31-25-8-2-1-7-23(24)25)21-9-10-27-28(15-21)36-14-13-35-27/h1-3,5,7-11,15-17,22H,4,6,12-14,18-19H2. The van der Waals surface area contributed by atoms with Crippen LogP contribution in [0.5, 0.6) is 11.5 Å². The first-order chi connectivity index (χ1) is 17.7. The minimum absolute atomic E-state index is 0.0380. The summed E-state index contributed by atoms with van der Waals surface area (Å²) in [6.07, 6.45) is 5.56. The normalized spacial score (nSPS) is 16.7. The van der Waals surface area contributed by atoms with Crippen LogP contribution >= 0.6 is 0 Å². The summed E-state index contributed by atoms with van der Waals surface area (Å²) in [5.41, 5.74) is 3.96. The van der Waals surface area contributed by atoms with Crippen molar-refractivity contribution in [2.45, 2.75) is 25.5 Å². The number of benzene rings is 2. The molecule has 1 amide bonds. The number of amides is 1. The molecule has 1 unspecified atom stereocenters. The number of rotatable bonds is 6. The second-order valence-electron chi connectivity index (χ2n) is 9.11. The highest BCUT2D eigenvalue weighted by atomic mass is 16.6. The van der Waals surface area contributed by atoms with Gasteiger partial charge in [0, 0.05) is 43.0 Å². The largest absolute Gasteiger partial charge is 0.486 e. The number of carbonyl (C=O) groups excluding carboxylic acids is 1. The molecule has 0 aliphatic carbocycles. The van der Waals surface area contributed by atoms with Crippen molar-refractivity contribution in [2.24, 2.45) is 0 Å². The number of hydrogen-bond acceptors (Lipinski definition) is 6. The van der Waals surface area contributed by atoms with E-state index in [1.165, 1.54) is 0 Å². The van der Waals surface area contributed by atoms with Gasteiger partial charge in [-0.1, -0.05) is 24.3 Å². The molecule has 2 aromatic heterocycles. The quantitative estimate of drug-likeness (QED) is 0.390. The smallest absolute Gasteiger partial charge is 0.255 e. The Morgan fingerprint density at radius 1 is 0.972 bits per heavy atom. The predicted octanol–water partition coefficient (Wildman–Crippen LogP) is 4.89. The van der Waals surface area contributed by atoms with Crippen LogP contribution in [-0.4, -0.2) is 53.2 Å². The Labute approximate surface area is 209 Å². The molecule has 4 aromatic rings. The monoisotopic (exact) mass is 481 g/mol. The second-order valence-corrected chi connectivity index (χ2v) is 9.11. The lowest BCUT2D eigenvalue weighted by Crippen LogP contribution is -2.37. The van der Waals surface area contributed by atoms with Crippen LogP contribution in [0.4, 0.5) is 0 Å². The highest BCUT2D eigenvalue weighted by Gasteiger charge is 2.26. The molecule has 1 saturated heterocycles. The van der Waals surface area contributed by atoms with Crippen LogP contribution in [0, 0.1) is 0 Å².